The zero-order valence-electron chi connectivity index (χ0n) is 17.4. The first-order chi connectivity index (χ1) is 13.8. The third-order valence-electron chi connectivity index (χ3n) is 4.97. The Hall–Kier alpha value is -2.25. The van der Waals surface area contributed by atoms with Crippen molar-refractivity contribution in [3.8, 4) is 0 Å². The molecule has 0 aliphatic carbocycles. The van der Waals surface area contributed by atoms with Gasteiger partial charge in [0.15, 0.2) is 0 Å². The topological polar surface area (TPSA) is 65.5 Å². The lowest BCUT2D eigenvalue weighted by Crippen LogP contribution is -2.49. The third kappa shape index (κ3) is 6.37. The summed E-state index contributed by atoms with van der Waals surface area (Å²) in [5, 5.41) is 2.99. The predicted molar refractivity (Wildman–Crippen MR) is 118 cm³/mol. The minimum atomic E-state index is -0.967. The van der Waals surface area contributed by atoms with Gasteiger partial charge in [-0.05, 0) is 56.2 Å². The number of nitrogens with one attached hydrogen (secondary N) is 1. The number of urea groups is 1. The van der Waals surface area contributed by atoms with E-state index in [-0.39, 0.29) is 10.8 Å². The summed E-state index contributed by atoms with van der Waals surface area (Å²) in [5.41, 5.74) is 2.96. The molecule has 2 heterocycles. The van der Waals surface area contributed by atoms with Crippen LogP contribution in [0.3, 0.4) is 0 Å². The molecule has 1 N–H and O–H groups in total. The highest BCUT2D eigenvalue weighted by atomic mass is 32.2. The van der Waals surface area contributed by atoms with Crippen LogP contribution in [-0.2, 0) is 23.1 Å². The molecule has 29 heavy (non-hydrogen) atoms. The van der Waals surface area contributed by atoms with E-state index in [1.165, 1.54) is 5.56 Å². The number of amides is 2. The van der Waals surface area contributed by atoms with Gasteiger partial charge in [0.25, 0.3) is 0 Å². The zero-order valence-corrected chi connectivity index (χ0v) is 18.2. The van der Waals surface area contributed by atoms with E-state index in [9.17, 15) is 9.00 Å². The van der Waals surface area contributed by atoms with Gasteiger partial charge in [0.2, 0.25) is 0 Å². The lowest BCUT2D eigenvalue weighted by molar-refractivity contribution is 0.143. The molecule has 2 aromatic rings. The van der Waals surface area contributed by atoms with E-state index in [1.807, 2.05) is 74.5 Å². The molecule has 2 amide bonds. The molecule has 0 saturated carbocycles. The van der Waals surface area contributed by atoms with Crippen molar-refractivity contribution in [2.75, 3.05) is 31.5 Å². The summed E-state index contributed by atoms with van der Waals surface area (Å²) in [6.45, 7) is 9.90. The zero-order chi connectivity index (χ0) is 20.9. The second-order valence-corrected chi connectivity index (χ2v) is 10.6. The summed E-state index contributed by atoms with van der Waals surface area (Å²) >= 11 is 0. The van der Waals surface area contributed by atoms with Crippen LogP contribution in [0.2, 0.25) is 0 Å². The van der Waals surface area contributed by atoms with Crippen molar-refractivity contribution in [2.24, 2.45) is 0 Å². The Morgan fingerprint density at radius 3 is 2.41 bits per heavy atom. The highest BCUT2D eigenvalue weighted by Gasteiger charge is 2.22. The Balaban J connectivity index is 1.51. The summed E-state index contributed by atoms with van der Waals surface area (Å²) in [7, 11) is -0.967. The molecule has 0 bridgehead atoms. The Morgan fingerprint density at radius 2 is 1.76 bits per heavy atom. The van der Waals surface area contributed by atoms with Crippen LogP contribution >= 0.6 is 0 Å². The molecular weight excluding hydrogens is 384 g/mol. The molecule has 1 aromatic carbocycles. The first-order valence-corrected chi connectivity index (χ1v) is 11.3. The predicted octanol–water partition coefficient (Wildman–Crippen LogP) is 3.48. The van der Waals surface area contributed by atoms with Crippen molar-refractivity contribution in [3.63, 3.8) is 0 Å². The van der Waals surface area contributed by atoms with Crippen molar-refractivity contribution >= 4 is 22.5 Å². The van der Waals surface area contributed by atoms with Gasteiger partial charge in [0.1, 0.15) is 0 Å². The molecule has 1 aliphatic rings. The van der Waals surface area contributed by atoms with Crippen LogP contribution in [0.25, 0.3) is 0 Å². The maximum atomic E-state index is 12.7. The average molecular weight is 415 g/mol. The van der Waals surface area contributed by atoms with Gasteiger partial charge in [0.05, 0.1) is 0 Å². The Labute approximate surface area is 175 Å². The number of nitrogens with zero attached hydrogens (tertiary/aromatic N) is 3. The Morgan fingerprint density at radius 1 is 1.07 bits per heavy atom. The van der Waals surface area contributed by atoms with E-state index in [1.54, 1.807) is 0 Å². The van der Waals surface area contributed by atoms with E-state index < -0.39 is 10.8 Å². The van der Waals surface area contributed by atoms with Crippen LogP contribution < -0.4 is 5.32 Å². The Kier molecular flexibility index (Phi) is 7.03. The molecule has 1 unspecified atom stereocenters. The van der Waals surface area contributed by atoms with Crippen LogP contribution in [-0.4, -0.2) is 55.9 Å². The van der Waals surface area contributed by atoms with Gasteiger partial charge in [-0.2, -0.15) is 0 Å². The largest absolute Gasteiger partial charge is 0.322 e. The van der Waals surface area contributed by atoms with Gasteiger partial charge in [-0.3, -0.25) is 14.1 Å². The van der Waals surface area contributed by atoms with Crippen LogP contribution in [0.4, 0.5) is 10.5 Å². The number of carbonyl (C=O) groups is 1. The highest BCUT2D eigenvalue weighted by Crippen LogP contribution is 2.19. The number of carbonyl (C=O) groups excluding carboxylic acids is 1. The summed E-state index contributed by atoms with van der Waals surface area (Å²) in [6, 6.07) is 11.6. The number of pyridine rings is 1. The fraction of sp³-hybridized carbons (Fsp3) is 0.455. The Bertz CT molecular complexity index is 843. The molecule has 1 aliphatic heterocycles. The molecular formula is C22H30N4O2S. The number of hydrogen-bond acceptors (Lipinski definition) is 4. The number of benzene rings is 1. The first-order valence-electron chi connectivity index (χ1n) is 9.96. The monoisotopic (exact) mass is 414 g/mol. The molecule has 1 saturated heterocycles. The lowest BCUT2D eigenvalue weighted by Gasteiger charge is -2.34. The smallest absolute Gasteiger partial charge is 0.321 e. The molecule has 3 rings (SSSR count). The highest BCUT2D eigenvalue weighted by molar-refractivity contribution is 7.85. The molecule has 156 valence electrons. The summed E-state index contributed by atoms with van der Waals surface area (Å²) in [6.07, 6.45) is 3.62. The van der Waals surface area contributed by atoms with Crippen LogP contribution in [0.15, 0.2) is 48.8 Å². The van der Waals surface area contributed by atoms with E-state index in [4.69, 9.17) is 0 Å². The maximum absolute atomic E-state index is 12.7. The SMILES string of the molecule is CC(C)(C)S(=O)Cc1cccc(NC(=O)N2CCN(Cc3ccncc3)CC2)c1. The van der Waals surface area contributed by atoms with Crippen molar-refractivity contribution in [1.82, 2.24) is 14.8 Å². The quantitative estimate of drug-likeness (QED) is 0.814. The molecule has 6 nitrogen and oxygen atoms in total. The number of rotatable bonds is 5. The molecule has 1 fully saturated rings. The second kappa shape index (κ2) is 9.50. The summed E-state index contributed by atoms with van der Waals surface area (Å²) < 4.78 is 12.1. The lowest BCUT2D eigenvalue weighted by atomic mass is 10.2. The molecule has 1 aromatic heterocycles. The summed E-state index contributed by atoms with van der Waals surface area (Å²) in [5.74, 6) is 0.487. The molecule has 0 radical (unpaired) electrons. The normalized spacial score (nSPS) is 16.4. The van der Waals surface area contributed by atoms with Crippen molar-refractivity contribution < 1.29 is 9.00 Å². The third-order valence-corrected chi connectivity index (χ3v) is 6.94. The van der Waals surface area contributed by atoms with E-state index >= 15 is 0 Å². The maximum Gasteiger partial charge on any atom is 0.321 e. The number of anilines is 1. The number of aromatic nitrogens is 1. The van der Waals surface area contributed by atoms with Gasteiger partial charge in [-0.1, -0.05) is 12.1 Å². The van der Waals surface area contributed by atoms with Crippen molar-refractivity contribution in [2.45, 2.75) is 37.8 Å². The van der Waals surface area contributed by atoms with Crippen LogP contribution in [0.5, 0.6) is 0 Å². The molecule has 0 spiro atoms. The molecule has 7 heteroatoms. The number of piperazine rings is 1. The summed E-state index contributed by atoms with van der Waals surface area (Å²) in [4.78, 5) is 20.9. The van der Waals surface area contributed by atoms with Gasteiger partial charge in [0, 0.05) is 72.1 Å². The minimum absolute atomic E-state index is 0.0809. The standard InChI is InChI=1S/C22H30N4O2S/c1-22(2,3)29(28)17-19-5-4-6-20(15-19)24-21(27)26-13-11-25(12-14-26)16-18-7-9-23-10-8-18/h4-10,15H,11-14,16-17H2,1-3H3,(H,24,27). The van der Waals surface area contributed by atoms with E-state index in [2.05, 4.69) is 15.2 Å². The second-order valence-electron chi connectivity index (χ2n) is 8.35. The van der Waals surface area contributed by atoms with Gasteiger partial charge in [-0.15, -0.1) is 0 Å². The van der Waals surface area contributed by atoms with Gasteiger partial charge < -0.3 is 10.2 Å². The van der Waals surface area contributed by atoms with Crippen LogP contribution in [0, 0.1) is 0 Å². The molecule has 1 atom stereocenters. The average Bonchev–Trinajstić information content (AvgIpc) is 2.69. The fourth-order valence-corrected chi connectivity index (χ4v) is 4.08. The van der Waals surface area contributed by atoms with Gasteiger partial charge in [-0.25, -0.2) is 4.79 Å². The first kappa shape index (κ1) is 21.5. The minimum Gasteiger partial charge on any atom is -0.322 e. The number of hydrogen-bond donors (Lipinski definition) is 1. The fourth-order valence-electron chi connectivity index (χ4n) is 3.16. The van der Waals surface area contributed by atoms with Crippen molar-refractivity contribution in [3.05, 3.63) is 59.9 Å². The van der Waals surface area contributed by atoms with E-state index in [0.29, 0.717) is 18.8 Å². The van der Waals surface area contributed by atoms with Gasteiger partial charge >= 0.3 is 6.03 Å². The van der Waals surface area contributed by atoms with E-state index in [0.717, 1.165) is 30.9 Å². The van der Waals surface area contributed by atoms with Crippen molar-refractivity contribution in [1.29, 1.82) is 0 Å². The van der Waals surface area contributed by atoms with Crippen LogP contribution in [0.1, 0.15) is 31.9 Å².